The summed E-state index contributed by atoms with van der Waals surface area (Å²) in [6.45, 7) is 7.61. The molecule has 1 saturated heterocycles. The molecule has 3 rings (SSSR count). The number of imidazole rings is 1. The number of anilines is 1. The molecule has 0 aromatic carbocycles. The summed E-state index contributed by atoms with van der Waals surface area (Å²) in [6.07, 6.45) is 5.21. The third kappa shape index (κ3) is 1.84. The molecule has 0 atom stereocenters. The van der Waals surface area contributed by atoms with Crippen molar-refractivity contribution in [3.8, 4) is 0 Å². The van der Waals surface area contributed by atoms with Gasteiger partial charge in [0.05, 0.1) is 19.5 Å². The van der Waals surface area contributed by atoms with E-state index in [1.807, 2.05) is 10.6 Å². The van der Waals surface area contributed by atoms with Crippen molar-refractivity contribution in [1.29, 1.82) is 0 Å². The van der Waals surface area contributed by atoms with Gasteiger partial charge in [-0.25, -0.2) is 15.0 Å². The van der Waals surface area contributed by atoms with Gasteiger partial charge < -0.3 is 14.2 Å². The Kier molecular flexibility index (Phi) is 2.93. The zero-order chi connectivity index (χ0) is 12.4. The van der Waals surface area contributed by atoms with Crippen LogP contribution in [-0.2, 0) is 11.3 Å². The highest BCUT2D eigenvalue weighted by Crippen LogP contribution is 2.22. The molecule has 94 valence electrons. The molecule has 0 unspecified atom stereocenters. The Morgan fingerprint density at radius 1 is 1.28 bits per heavy atom. The summed E-state index contributed by atoms with van der Waals surface area (Å²) in [5.74, 6) is 0.895. The predicted octanol–water partition coefficient (Wildman–Crippen LogP) is 0.849. The van der Waals surface area contributed by atoms with Crippen molar-refractivity contribution in [3.63, 3.8) is 0 Å². The summed E-state index contributed by atoms with van der Waals surface area (Å²) in [5.41, 5.74) is 1.70. The molecule has 2 aromatic heterocycles. The lowest BCUT2D eigenvalue weighted by Crippen LogP contribution is -2.36. The summed E-state index contributed by atoms with van der Waals surface area (Å²) in [7, 11) is 0. The number of hydrogen-bond donors (Lipinski definition) is 0. The summed E-state index contributed by atoms with van der Waals surface area (Å²) in [6, 6.07) is 0. The molecule has 1 aliphatic rings. The Morgan fingerprint density at radius 2 is 2.11 bits per heavy atom. The van der Waals surface area contributed by atoms with Gasteiger partial charge in [-0.1, -0.05) is 6.08 Å². The van der Waals surface area contributed by atoms with Gasteiger partial charge in [-0.15, -0.1) is 6.58 Å². The van der Waals surface area contributed by atoms with E-state index in [0.29, 0.717) is 6.54 Å². The molecule has 0 radical (unpaired) electrons. The largest absolute Gasteiger partial charge is 0.378 e. The number of nitrogens with zero attached hydrogens (tertiary/aromatic N) is 5. The van der Waals surface area contributed by atoms with Crippen LogP contribution in [-0.4, -0.2) is 45.8 Å². The first-order valence-corrected chi connectivity index (χ1v) is 5.99. The van der Waals surface area contributed by atoms with E-state index in [9.17, 15) is 0 Å². The van der Waals surface area contributed by atoms with E-state index in [-0.39, 0.29) is 0 Å². The van der Waals surface area contributed by atoms with Crippen LogP contribution in [0.5, 0.6) is 0 Å². The van der Waals surface area contributed by atoms with Crippen molar-refractivity contribution in [2.75, 3.05) is 31.2 Å². The van der Waals surface area contributed by atoms with Crippen LogP contribution in [0, 0.1) is 0 Å². The molecule has 6 nitrogen and oxygen atoms in total. The third-order valence-corrected chi connectivity index (χ3v) is 3.02. The van der Waals surface area contributed by atoms with Crippen LogP contribution < -0.4 is 4.90 Å². The molecule has 0 bridgehead atoms. The Hall–Kier alpha value is -1.95. The molecule has 1 fully saturated rings. The zero-order valence-electron chi connectivity index (χ0n) is 10.1. The van der Waals surface area contributed by atoms with E-state index < -0.39 is 0 Å². The van der Waals surface area contributed by atoms with Gasteiger partial charge in [-0.3, -0.25) is 0 Å². The maximum absolute atomic E-state index is 5.35. The quantitative estimate of drug-likeness (QED) is 0.750. The van der Waals surface area contributed by atoms with Crippen molar-refractivity contribution in [1.82, 2.24) is 19.5 Å². The summed E-state index contributed by atoms with van der Waals surface area (Å²) >= 11 is 0. The van der Waals surface area contributed by atoms with Gasteiger partial charge in [-0.2, -0.15) is 0 Å². The average Bonchev–Trinajstić information content (AvgIpc) is 2.84. The third-order valence-electron chi connectivity index (χ3n) is 3.02. The van der Waals surface area contributed by atoms with Crippen LogP contribution in [0.15, 0.2) is 25.3 Å². The molecule has 0 spiro atoms. The molecule has 0 amide bonds. The van der Waals surface area contributed by atoms with Crippen molar-refractivity contribution >= 4 is 17.0 Å². The minimum Gasteiger partial charge on any atom is -0.378 e. The molecule has 0 N–H and O–H groups in total. The molecule has 1 aliphatic heterocycles. The fourth-order valence-electron chi connectivity index (χ4n) is 2.15. The molecule has 18 heavy (non-hydrogen) atoms. The van der Waals surface area contributed by atoms with E-state index in [1.165, 1.54) is 0 Å². The second-order valence-electron chi connectivity index (χ2n) is 4.15. The Balaban J connectivity index is 2.03. The van der Waals surface area contributed by atoms with Gasteiger partial charge in [0.15, 0.2) is 17.0 Å². The van der Waals surface area contributed by atoms with E-state index in [0.717, 1.165) is 43.3 Å². The monoisotopic (exact) mass is 245 g/mol. The number of aromatic nitrogens is 4. The van der Waals surface area contributed by atoms with Gasteiger partial charge in [0, 0.05) is 19.6 Å². The lowest BCUT2D eigenvalue weighted by Gasteiger charge is -2.27. The maximum atomic E-state index is 5.35. The summed E-state index contributed by atoms with van der Waals surface area (Å²) in [4.78, 5) is 15.3. The van der Waals surface area contributed by atoms with E-state index in [4.69, 9.17) is 4.74 Å². The highest BCUT2D eigenvalue weighted by molar-refractivity contribution is 5.83. The Labute approximate surface area is 105 Å². The second kappa shape index (κ2) is 4.73. The van der Waals surface area contributed by atoms with Crippen LogP contribution in [0.3, 0.4) is 0 Å². The van der Waals surface area contributed by atoms with Crippen LogP contribution in [0.4, 0.5) is 5.82 Å². The smallest absolute Gasteiger partial charge is 0.165 e. The van der Waals surface area contributed by atoms with E-state index in [2.05, 4.69) is 26.4 Å². The maximum Gasteiger partial charge on any atom is 0.165 e. The number of hydrogen-bond acceptors (Lipinski definition) is 5. The first kappa shape index (κ1) is 11.2. The fraction of sp³-hybridized carbons (Fsp3) is 0.417. The van der Waals surface area contributed by atoms with Crippen molar-refractivity contribution in [3.05, 3.63) is 25.3 Å². The van der Waals surface area contributed by atoms with Crippen LogP contribution >= 0.6 is 0 Å². The predicted molar refractivity (Wildman–Crippen MR) is 68.6 cm³/mol. The van der Waals surface area contributed by atoms with Gasteiger partial charge in [0.2, 0.25) is 0 Å². The Bertz CT molecular complexity index is 559. The molecular weight excluding hydrogens is 230 g/mol. The SMILES string of the molecule is C=CCn1cnc2c(N3CCOCC3)ncnc21. The highest BCUT2D eigenvalue weighted by Gasteiger charge is 2.17. The van der Waals surface area contributed by atoms with Crippen molar-refractivity contribution in [2.45, 2.75) is 6.54 Å². The normalized spacial score (nSPS) is 16.1. The van der Waals surface area contributed by atoms with Gasteiger partial charge in [0.1, 0.15) is 6.33 Å². The zero-order valence-corrected chi connectivity index (χ0v) is 10.1. The molecular formula is C12H15N5O. The van der Waals surface area contributed by atoms with Gasteiger partial charge >= 0.3 is 0 Å². The molecule has 3 heterocycles. The Morgan fingerprint density at radius 3 is 2.89 bits per heavy atom. The first-order valence-electron chi connectivity index (χ1n) is 5.99. The van der Waals surface area contributed by atoms with Crippen LogP contribution in [0.2, 0.25) is 0 Å². The van der Waals surface area contributed by atoms with E-state index in [1.54, 1.807) is 12.7 Å². The van der Waals surface area contributed by atoms with Crippen LogP contribution in [0.1, 0.15) is 0 Å². The number of fused-ring (bicyclic) bond motifs is 1. The highest BCUT2D eigenvalue weighted by atomic mass is 16.5. The summed E-state index contributed by atoms with van der Waals surface area (Å²) < 4.78 is 7.32. The number of rotatable bonds is 3. The summed E-state index contributed by atoms with van der Waals surface area (Å²) in [5, 5.41) is 0. The number of ether oxygens (including phenoxy) is 1. The van der Waals surface area contributed by atoms with Crippen LogP contribution in [0.25, 0.3) is 11.2 Å². The van der Waals surface area contributed by atoms with Crippen molar-refractivity contribution in [2.24, 2.45) is 0 Å². The molecule has 0 saturated carbocycles. The van der Waals surface area contributed by atoms with Crippen molar-refractivity contribution < 1.29 is 4.74 Å². The van der Waals surface area contributed by atoms with E-state index >= 15 is 0 Å². The standard InChI is InChI=1S/C12H15N5O/c1-2-3-17-9-15-10-11(13-8-14-12(10)17)16-4-6-18-7-5-16/h2,8-9H,1,3-7H2. The minimum atomic E-state index is 0.704. The molecule has 6 heteroatoms. The number of morpholine rings is 1. The second-order valence-corrected chi connectivity index (χ2v) is 4.15. The fourth-order valence-corrected chi connectivity index (χ4v) is 2.15. The molecule has 0 aliphatic carbocycles. The van der Waals surface area contributed by atoms with Gasteiger partial charge in [0.25, 0.3) is 0 Å². The molecule has 2 aromatic rings. The first-order chi connectivity index (χ1) is 8.90. The minimum absolute atomic E-state index is 0.704. The average molecular weight is 245 g/mol. The number of allylic oxidation sites excluding steroid dienone is 1. The lowest BCUT2D eigenvalue weighted by atomic mass is 10.4. The topological polar surface area (TPSA) is 56.1 Å². The lowest BCUT2D eigenvalue weighted by molar-refractivity contribution is 0.122. The van der Waals surface area contributed by atoms with Gasteiger partial charge in [-0.05, 0) is 0 Å².